The zero-order valence-electron chi connectivity index (χ0n) is 7.05. The zero-order valence-corrected chi connectivity index (χ0v) is 8.63. The van der Waals surface area contributed by atoms with E-state index in [-0.39, 0.29) is 0 Å². The van der Waals surface area contributed by atoms with Crippen molar-refractivity contribution < 1.29 is 0 Å². The van der Waals surface area contributed by atoms with Gasteiger partial charge in [-0.1, -0.05) is 36.2 Å². The third-order valence-corrected chi connectivity index (χ3v) is 1.55. The van der Waals surface area contributed by atoms with E-state index in [1.54, 1.807) is 18.7 Å². The van der Waals surface area contributed by atoms with Crippen LogP contribution in [0.5, 0.6) is 0 Å². The third kappa shape index (κ3) is 9.69. The van der Waals surface area contributed by atoms with Gasteiger partial charge in [-0.25, -0.2) is 4.98 Å². The summed E-state index contributed by atoms with van der Waals surface area (Å²) < 4.78 is 0. The molecule has 0 amide bonds. The largest absolute Gasteiger partial charge is 0.351 e. The van der Waals surface area contributed by atoms with E-state index in [0.717, 1.165) is 0 Å². The Hall–Kier alpha value is -0.310. The molecule has 0 spiro atoms. The highest BCUT2D eigenvalue weighted by Gasteiger charge is 1.87. The van der Waals surface area contributed by atoms with Gasteiger partial charge in [-0.15, -0.1) is 0 Å². The molecule has 3 heteroatoms. The maximum absolute atomic E-state index is 3.67. The van der Waals surface area contributed by atoms with E-state index in [0.29, 0.717) is 4.83 Å². The molecule has 1 heterocycles. The first kappa shape index (κ1) is 10.7. The van der Waals surface area contributed by atoms with Crippen LogP contribution in [0.3, 0.4) is 0 Å². The Morgan fingerprint density at radius 1 is 1.64 bits per heavy atom. The Balaban J connectivity index is 0.000000183. The minimum absolute atomic E-state index is 0.711. The summed E-state index contributed by atoms with van der Waals surface area (Å²) in [5, 5.41) is 0. The highest BCUT2D eigenvalue weighted by atomic mass is 79.9. The molecule has 0 aliphatic carbocycles. The second kappa shape index (κ2) is 7.79. The maximum Gasteiger partial charge on any atom is 0.0919 e. The van der Waals surface area contributed by atoms with Gasteiger partial charge in [0.2, 0.25) is 0 Å². The first-order chi connectivity index (χ1) is 5.27. The van der Waals surface area contributed by atoms with E-state index >= 15 is 0 Å². The molecule has 1 rings (SSSR count). The Morgan fingerprint density at radius 3 is 2.45 bits per heavy atom. The van der Waals surface area contributed by atoms with Crippen LogP contribution in [0.4, 0.5) is 0 Å². The standard InChI is InChI=1S/C5H11Br.C3H4N2/c1-3-4-5(2)6;1-2-5-3-4-1/h5H,3-4H2,1-2H3;1-3H,(H,4,5). The van der Waals surface area contributed by atoms with Gasteiger partial charge in [-0.05, 0) is 6.42 Å². The number of nitrogens with zero attached hydrogens (tertiary/aromatic N) is 1. The van der Waals surface area contributed by atoms with Crippen LogP contribution in [0.1, 0.15) is 26.7 Å². The van der Waals surface area contributed by atoms with Crippen LogP contribution in [0.15, 0.2) is 18.7 Å². The molecule has 0 aliphatic rings. The molecule has 0 radical (unpaired) electrons. The third-order valence-electron chi connectivity index (χ3n) is 1.09. The molecule has 11 heavy (non-hydrogen) atoms. The van der Waals surface area contributed by atoms with Gasteiger partial charge in [0.1, 0.15) is 0 Å². The van der Waals surface area contributed by atoms with Crippen molar-refractivity contribution in [3.8, 4) is 0 Å². The molecule has 1 aromatic rings. The topological polar surface area (TPSA) is 28.7 Å². The first-order valence-electron chi connectivity index (χ1n) is 3.84. The van der Waals surface area contributed by atoms with Crippen molar-refractivity contribution in [1.29, 1.82) is 0 Å². The summed E-state index contributed by atoms with van der Waals surface area (Å²) in [6, 6.07) is 0. The quantitative estimate of drug-likeness (QED) is 0.761. The lowest BCUT2D eigenvalue weighted by atomic mass is 10.3. The highest BCUT2D eigenvalue weighted by Crippen LogP contribution is 2.04. The number of H-pyrrole nitrogens is 1. The molecule has 0 aromatic carbocycles. The van der Waals surface area contributed by atoms with E-state index in [4.69, 9.17) is 0 Å². The molecule has 64 valence electrons. The number of nitrogens with one attached hydrogen (secondary N) is 1. The van der Waals surface area contributed by atoms with Crippen LogP contribution < -0.4 is 0 Å². The fourth-order valence-electron chi connectivity index (χ4n) is 0.613. The van der Waals surface area contributed by atoms with Crippen LogP contribution in [0, 0.1) is 0 Å². The van der Waals surface area contributed by atoms with Crippen molar-refractivity contribution in [3.63, 3.8) is 0 Å². The number of hydrogen-bond acceptors (Lipinski definition) is 1. The molecule has 0 aliphatic heterocycles. The van der Waals surface area contributed by atoms with Crippen molar-refractivity contribution >= 4 is 15.9 Å². The van der Waals surface area contributed by atoms with Crippen molar-refractivity contribution in [3.05, 3.63) is 18.7 Å². The second-order valence-corrected chi connectivity index (χ2v) is 3.89. The molecule has 2 nitrogen and oxygen atoms in total. The fraction of sp³-hybridized carbons (Fsp3) is 0.625. The van der Waals surface area contributed by atoms with Gasteiger partial charge in [-0.2, -0.15) is 0 Å². The average Bonchev–Trinajstić information content (AvgIpc) is 2.41. The lowest BCUT2D eigenvalue weighted by Crippen LogP contribution is -1.84. The smallest absolute Gasteiger partial charge is 0.0919 e. The van der Waals surface area contributed by atoms with Gasteiger partial charge < -0.3 is 4.98 Å². The number of alkyl halides is 1. The summed E-state index contributed by atoms with van der Waals surface area (Å²) in [6.45, 7) is 4.36. The highest BCUT2D eigenvalue weighted by molar-refractivity contribution is 9.09. The van der Waals surface area contributed by atoms with Crippen molar-refractivity contribution in [2.24, 2.45) is 0 Å². The minimum Gasteiger partial charge on any atom is -0.351 e. The number of halogens is 1. The van der Waals surface area contributed by atoms with Crippen LogP contribution in [-0.2, 0) is 0 Å². The summed E-state index contributed by atoms with van der Waals surface area (Å²) in [7, 11) is 0. The summed E-state index contributed by atoms with van der Waals surface area (Å²) in [5.74, 6) is 0. The van der Waals surface area contributed by atoms with E-state index in [1.807, 2.05) is 0 Å². The minimum atomic E-state index is 0.711. The normalized spacial score (nSPS) is 11.5. The van der Waals surface area contributed by atoms with Gasteiger partial charge in [-0.3, -0.25) is 0 Å². The molecule has 0 fully saturated rings. The van der Waals surface area contributed by atoms with E-state index in [9.17, 15) is 0 Å². The molecule has 0 saturated carbocycles. The molecule has 0 saturated heterocycles. The molecular formula is C8H15BrN2. The van der Waals surface area contributed by atoms with Gasteiger partial charge in [0.15, 0.2) is 0 Å². The molecule has 0 bridgehead atoms. The number of aromatic amines is 1. The number of hydrogen-bond donors (Lipinski definition) is 1. The molecular weight excluding hydrogens is 204 g/mol. The SMILES string of the molecule is CCCC(C)Br.c1c[nH]cn1. The summed E-state index contributed by atoms with van der Waals surface area (Å²) in [5.41, 5.74) is 0. The summed E-state index contributed by atoms with van der Waals surface area (Å²) in [6.07, 6.45) is 7.66. The maximum atomic E-state index is 3.67. The van der Waals surface area contributed by atoms with Crippen molar-refractivity contribution in [1.82, 2.24) is 9.97 Å². The van der Waals surface area contributed by atoms with E-state index in [2.05, 4.69) is 39.7 Å². The molecule has 1 atom stereocenters. The predicted molar refractivity (Wildman–Crippen MR) is 51.9 cm³/mol. The van der Waals surface area contributed by atoms with Crippen LogP contribution in [0.25, 0.3) is 0 Å². The van der Waals surface area contributed by atoms with Crippen LogP contribution >= 0.6 is 15.9 Å². The van der Waals surface area contributed by atoms with Crippen molar-refractivity contribution in [2.45, 2.75) is 31.5 Å². The van der Waals surface area contributed by atoms with E-state index < -0.39 is 0 Å². The Kier molecular flexibility index (Phi) is 7.57. The molecule has 1 unspecified atom stereocenters. The van der Waals surface area contributed by atoms with Gasteiger partial charge >= 0.3 is 0 Å². The monoisotopic (exact) mass is 218 g/mol. The number of aromatic nitrogens is 2. The number of imidazole rings is 1. The summed E-state index contributed by atoms with van der Waals surface area (Å²) in [4.78, 5) is 7.13. The van der Waals surface area contributed by atoms with Gasteiger partial charge in [0.05, 0.1) is 6.33 Å². The lowest BCUT2D eigenvalue weighted by Gasteiger charge is -1.93. The zero-order chi connectivity index (χ0) is 8.53. The Bertz CT molecular complexity index is 121. The Labute approximate surface area is 76.6 Å². The lowest BCUT2D eigenvalue weighted by molar-refractivity contribution is 0.797. The number of rotatable bonds is 2. The van der Waals surface area contributed by atoms with Gasteiger partial charge in [0.25, 0.3) is 0 Å². The van der Waals surface area contributed by atoms with Gasteiger partial charge in [0, 0.05) is 17.2 Å². The van der Waals surface area contributed by atoms with E-state index in [1.165, 1.54) is 12.8 Å². The van der Waals surface area contributed by atoms with Crippen molar-refractivity contribution in [2.75, 3.05) is 0 Å². The molecule has 1 N–H and O–H groups in total. The second-order valence-electron chi connectivity index (χ2n) is 2.33. The Morgan fingerprint density at radius 2 is 2.36 bits per heavy atom. The molecule has 1 aromatic heterocycles. The average molecular weight is 219 g/mol. The first-order valence-corrected chi connectivity index (χ1v) is 4.75. The van der Waals surface area contributed by atoms with Crippen LogP contribution in [-0.4, -0.2) is 14.8 Å². The fourth-order valence-corrected chi connectivity index (χ4v) is 1.07. The van der Waals surface area contributed by atoms with Crippen LogP contribution in [0.2, 0.25) is 0 Å². The summed E-state index contributed by atoms with van der Waals surface area (Å²) >= 11 is 3.43. The predicted octanol–water partition coefficient (Wildman–Crippen LogP) is 2.98.